The first-order valence-corrected chi connectivity index (χ1v) is 14.8. The summed E-state index contributed by atoms with van der Waals surface area (Å²) in [6.07, 6.45) is 0. The van der Waals surface area contributed by atoms with Crippen LogP contribution >= 0.6 is 11.3 Å². The highest BCUT2D eigenvalue weighted by molar-refractivity contribution is 7.25. The molecule has 5 heteroatoms. The van der Waals surface area contributed by atoms with Gasteiger partial charge in [-0.3, -0.25) is 4.57 Å². The summed E-state index contributed by atoms with van der Waals surface area (Å²) in [6.45, 7) is 0. The maximum Gasteiger partial charge on any atom is 0.238 e. The molecule has 4 nitrogen and oxygen atoms in total. The van der Waals surface area contributed by atoms with E-state index in [-0.39, 0.29) is 0 Å². The molecule has 42 heavy (non-hydrogen) atoms. The van der Waals surface area contributed by atoms with Crippen LogP contribution in [0.2, 0.25) is 0 Å². The van der Waals surface area contributed by atoms with Crippen LogP contribution in [-0.2, 0) is 0 Å². The second-order valence-electron chi connectivity index (χ2n) is 10.5. The summed E-state index contributed by atoms with van der Waals surface area (Å²) < 4.78 is 4.78. The topological polar surface area (TPSA) is 43.6 Å². The summed E-state index contributed by atoms with van der Waals surface area (Å²) in [5.74, 6) is 1.91. The summed E-state index contributed by atoms with van der Waals surface area (Å²) in [7, 11) is 0. The molecule has 0 N–H and O–H groups in total. The lowest BCUT2D eigenvalue weighted by atomic mass is 10.0. The van der Waals surface area contributed by atoms with Crippen molar-refractivity contribution in [1.82, 2.24) is 19.5 Å². The van der Waals surface area contributed by atoms with Crippen LogP contribution in [0.4, 0.5) is 0 Å². The number of thiophene rings is 1. The largest absolute Gasteiger partial charge is 0.278 e. The Kier molecular flexibility index (Phi) is 5.03. The van der Waals surface area contributed by atoms with Gasteiger partial charge in [-0.05, 0) is 35.0 Å². The minimum absolute atomic E-state index is 0.608. The van der Waals surface area contributed by atoms with E-state index in [1.807, 2.05) is 29.5 Å². The van der Waals surface area contributed by atoms with E-state index < -0.39 is 0 Å². The second kappa shape index (κ2) is 9.06. The van der Waals surface area contributed by atoms with Crippen LogP contribution in [-0.4, -0.2) is 19.5 Å². The van der Waals surface area contributed by atoms with Crippen LogP contribution in [0.1, 0.15) is 0 Å². The molecule has 0 fully saturated rings. The normalized spacial score (nSPS) is 11.8. The highest BCUT2D eigenvalue weighted by Gasteiger charge is 2.20. The van der Waals surface area contributed by atoms with Gasteiger partial charge in [-0.2, -0.15) is 9.97 Å². The Morgan fingerprint density at radius 1 is 0.452 bits per heavy atom. The quantitative estimate of drug-likeness (QED) is 0.218. The Balaban J connectivity index is 1.40. The van der Waals surface area contributed by atoms with Crippen molar-refractivity contribution in [2.24, 2.45) is 0 Å². The average molecular weight is 555 g/mol. The molecule has 196 valence electrons. The summed E-state index contributed by atoms with van der Waals surface area (Å²) in [6, 6.07) is 46.7. The van der Waals surface area contributed by atoms with Crippen molar-refractivity contribution in [3.05, 3.63) is 133 Å². The fraction of sp³-hybridized carbons (Fsp3) is 0. The molecule has 0 aliphatic carbocycles. The third kappa shape index (κ3) is 3.51. The number of hydrogen-bond acceptors (Lipinski definition) is 4. The van der Waals surface area contributed by atoms with E-state index in [0.717, 1.165) is 32.9 Å². The number of benzene rings is 6. The lowest BCUT2D eigenvalue weighted by molar-refractivity contribution is 0.955. The summed E-state index contributed by atoms with van der Waals surface area (Å²) >= 11 is 1.84. The first kappa shape index (κ1) is 23.3. The number of nitrogens with zero attached hydrogens (tertiary/aromatic N) is 4. The van der Waals surface area contributed by atoms with Gasteiger partial charge in [-0.15, -0.1) is 11.3 Å². The Morgan fingerprint density at radius 3 is 2.07 bits per heavy atom. The van der Waals surface area contributed by atoms with E-state index in [1.54, 1.807) is 0 Å². The molecule has 0 unspecified atom stereocenters. The molecular weight excluding hydrogens is 533 g/mol. The lowest BCUT2D eigenvalue weighted by Gasteiger charge is -2.12. The predicted molar refractivity (Wildman–Crippen MR) is 175 cm³/mol. The molecule has 0 bridgehead atoms. The van der Waals surface area contributed by atoms with Crippen LogP contribution in [0.5, 0.6) is 0 Å². The van der Waals surface area contributed by atoms with Crippen molar-refractivity contribution in [2.45, 2.75) is 0 Å². The Labute approximate surface area is 245 Å². The van der Waals surface area contributed by atoms with Gasteiger partial charge in [0.05, 0.1) is 11.0 Å². The number of aromatic nitrogens is 4. The molecule has 0 aliphatic rings. The van der Waals surface area contributed by atoms with Crippen molar-refractivity contribution < 1.29 is 0 Å². The first-order chi connectivity index (χ1) is 20.8. The molecule has 0 aliphatic heterocycles. The summed E-state index contributed by atoms with van der Waals surface area (Å²) in [5.41, 5.74) is 4.10. The van der Waals surface area contributed by atoms with Gasteiger partial charge in [0, 0.05) is 42.1 Å². The Hall–Kier alpha value is -5.39. The standard InChI is InChI=1S/C37H22N4S/c1-2-12-24(13-3-1)35-38-36(28-18-10-14-23-11-4-5-15-25(23)28)40-37(39-35)41-31-19-8-6-16-26(31)29-22-34-30(21-32(29)41)27-17-7-9-20-33(27)42-34/h1-22H. The van der Waals surface area contributed by atoms with Gasteiger partial charge >= 0.3 is 0 Å². The minimum Gasteiger partial charge on any atom is -0.278 e. The minimum atomic E-state index is 0.608. The molecule has 0 amide bonds. The maximum absolute atomic E-state index is 5.20. The van der Waals surface area contributed by atoms with Crippen molar-refractivity contribution in [2.75, 3.05) is 0 Å². The number of hydrogen-bond donors (Lipinski definition) is 0. The van der Waals surface area contributed by atoms with Gasteiger partial charge in [0.1, 0.15) is 0 Å². The second-order valence-corrected chi connectivity index (χ2v) is 11.6. The van der Waals surface area contributed by atoms with Crippen molar-refractivity contribution in [3.8, 4) is 28.7 Å². The van der Waals surface area contributed by atoms with E-state index in [1.165, 1.54) is 30.9 Å². The molecule has 0 radical (unpaired) electrons. The van der Waals surface area contributed by atoms with E-state index in [9.17, 15) is 0 Å². The van der Waals surface area contributed by atoms with Crippen molar-refractivity contribution >= 4 is 64.1 Å². The molecule has 9 aromatic rings. The number of para-hydroxylation sites is 1. The smallest absolute Gasteiger partial charge is 0.238 e. The predicted octanol–water partition coefficient (Wildman–Crippen LogP) is 9.82. The highest BCUT2D eigenvalue weighted by Crippen LogP contribution is 2.40. The zero-order valence-electron chi connectivity index (χ0n) is 22.4. The van der Waals surface area contributed by atoms with Gasteiger partial charge in [0.15, 0.2) is 11.6 Å². The Bertz CT molecular complexity index is 2470. The van der Waals surface area contributed by atoms with Gasteiger partial charge in [-0.25, -0.2) is 4.98 Å². The van der Waals surface area contributed by atoms with Gasteiger partial charge < -0.3 is 0 Å². The first-order valence-electron chi connectivity index (χ1n) is 14.0. The third-order valence-electron chi connectivity index (χ3n) is 8.06. The summed E-state index contributed by atoms with van der Waals surface area (Å²) in [5, 5.41) is 7.16. The molecule has 0 spiro atoms. The van der Waals surface area contributed by atoms with Gasteiger partial charge in [0.25, 0.3) is 0 Å². The van der Waals surface area contributed by atoms with Gasteiger partial charge in [-0.1, -0.05) is 109 Å². The zero-order chi connectivity index (χ0) is 27.6. The monoisotopic (exact) mass is 554 g/mol. The highest BCUT2D eigenvalue weighted by atomic mass is 32.1. The molecule has 6 aromatic carbocycles. The number of rotatable bonds is 3. The van der Waals surface area contributed by atoms with E-state index >= 15 is 0 Å². The van der Waals surface area contributed by atoms with Crippen LogP contribution in [0.15, 0.2) is 133 Å². The number of fused-ring (bicyclic) bond motifs is 7. The van der Waals surface area contributed by atoms with E-state index in [2.05, 4.69) is 120 Å². The fourth-order valence-corrected chi connectivity index (χ4v) is 7.25. The molecule has 3 heterocycles. The molecule has 0 atom stereocenters. The fourth-order valence-electron chi connectivity index (χ4n) is 6.12. The van der Waals surface area contributed by atoms with Crippen LogP contribution in [0, 0.1) is 0 Å². The van der Waals surface area contributed by atoms with E-state index in [0.29, 0.717) is 17.6 Å². The molecular formula is C37H22N4S. The molecule has 0 saturated carbocycles. The van der Waals surface area contributed by atoms with Crippen LogP contribution in [0.3, 0.4) is 0 Å². The molecule has 0 saturated heterocycles. The summed E-state index contributed by atoms with van der Waals surface area (Å²) in [4.78, 5) is 15.4. The van der Waals surface area contributed by atoms with Crippen molar-refractivity contribution in [1.29, 1.82) is 0 Å². The van der Waals surface area contributed by atoms with Crippen LogP contribution in [0.25, 0.3) is 81.5 Å². The SMILES string of the molecule is c1ccc(-c2nc(-c3cccc4ccccc34)nc(-n3c4ccccc4c4cc5sc6ccccc6c5cc43)n2)cc1. The third-order valence-corrected chi connectivity index (χ3v) is 9.19. The van der Waals surface area contributed by atoms with Gasteiger partial charge in [0.2, 0.25) is 5.95 Å². The van der Waals surface area contributed by atoms with E-state index in [4.69, 9.17) is 15.0 Å². The Morgan fingerprint density at radius 2 is 1.17 bits per heavy atom. The van der Waals surface area contributed by atoms with Crippen LogP contribution < -0.4 is 0 Å². The molecule has 9 rings (SSSR count). The molecule has 3 aromatic heterocycles. The lowest BCUT2D eigenvalue weighted by Crippen LogP contribution is -2.06. The maximum atomic E-state index is 5.20. The zero-order valence-corrected chi connectivity index (χ0v) is 23.2. The average Bonchev–Trinajstić information content (AvgIpc) is 3.58. The van der Waals surface area contributed by atoms with Crippen molar-refractivity contribution in [3.63, 3.8) is 0 Å².